The van der Waals surface area contributed by atoms with Crippen LogP contribution in [0.25, 0.3) is 11.4 Å². The molecule has 1 aliphatic rings. The van der Waals surface area contributed by atoms with E-state index < -0.39 is 0 Å². The zero-order valence-corrected chi connectivity index (χ0v) is 19.4. The number of rotatable bonds is 12. The van der Waals surface area contributed by atoms with Crippen molar-refractivity contribution in [2.45, 2.75) is 104 Å². The highest BCUT2D eigenvalue weighted by molar-refractivity contribution is 5.55. The monoisotopic (exact) mass is 406 g/mol. The summed E-state index contributed by atoms with van der Waals surface area (Å²) in [6.07, 6.45) is 22.9. The van der Waals surface area contributed by atoms with E-state index in [1.54, 1.807) is 0 Å². The number of hydrogen-bond donors (Lipinski definition) is 0. The molecule has 2 aromatic rings. The summed E-state index contributed by atoms with van der Waals surface area (Å²) in [5.41, 5.74) is 3.85. The first-order valence-corrected chi connectivity index (χ1v) is 12.7. The summed E-state index contributed by atoms with van der Waals surface area (Å²) < 4.78 is 0. The van der Waals surface area contributed by atoms with E-state index in [0.29, 0.717) is 0 Å². The number of aryl methyl sites for hydroxylation is 2. The number of nitrogens with zero attached hydrogens (tertiary/aromatic N) is 2. The molecule has 2 nitrogen and oxygen atoms in total. The van der Waals surface area contributed by atoms with E-state index >= 15 is 0 Å². The van der Waals surface area contributed by atoms with Crippen LogP contribution in [0.3, 0.4) is 0 Å². The molecule has 3 rings (SSSR count). The van der Waals surface area contributed by atoms with Crippen LogP contribution in [0.5, 0.6) is 0 Å². The molecule has 0 N–H and O–H groups in total. The van der Waals surface area contributed by atoms with Crippen molar-refractivity contribution >= 4 is 0 Å². The predicted octanol–water partition coefficient (Wildman–Crippen LogP) is 8.20. The van der Waals surface area contributed by atoms with E-state index in [-0.39, 0.29) is 0 Å². The average Bonchev–Trinajstić information content (AvgIpc) is 2.79. The minimum atomic E-state index is 0.855. The highest BCUT2D eigenvalue weighted by atomic mass is 14.9. The van der Waals surface area contributed by atoms with Crippen LogP contribution in [0, 0.1) is 11.8 Å². The van der Waals surface area contributed by atoms with Gasteiger partial charge in [0.15, 0.2) is 5.82 Å². The highest BCUT2D eigenvalue weighted by Gasteiger charge is 2.20. The van der Waals surface area contributed by atoms with Crippen LogP contribution < -0.4 is 0 Å². The van der Waals surface area contributed by atoms with Crippen LogP contribution in [0.15, 0.2) is 36.7 Å². The van der Waals surface area contributed by atoms with E-state index in [4.69, 9.17) is 0 Å². The van der Waals surface area contributed by atoms with Crippen LogP contribution in [0.2, 0.25) is 0 Å². The maximum absolute atomic E-state index is 4.66. The quantitative estimate of drug-likeness (QED) is 0.332. The summed E-state index contributed by atoms with van der Waals surface area (Å²) in [4.78, 5) is 9.33. The fourth-order valence-electron chi connectivity index (χ4n) is 4.97. The lowest BCUT2D eigenvalue weighted by molar-refractivity contribution is 0.252. The molecule has 1 aromatic carbocycles. The van der Waals surface area contributed by atoms with E-state index in [1.807, 2.05) is 12.4 Å². The zero-order valence-electron chi connectivity index (χ0n) is 19.4. The Morgan fingerprint density at radius 2 is 1.30 bits per heavy atom. The van der Waals surface area contributed by atoms with Crippen LogP contribution in [0.4, 0.5) is 0 Å². The van der Waals surface area contributed by atoms with Crippen LogP contribution in [0.1, 0.15) is 102 Å². The average molecular weight is 407 g/mol. The first kappa shape index (κ1) is 23.0. The molecule has 0 unspecified atom stereocenters. The maximum Gasteiger partial charge on any atom is 0.159 e. The third-order valence-electron chi connectivity index (χ3n) is 6.99. The SMILES string of the molecule is CCCCCCCc1ccc(-c2ncc(CCC3CCC(CCC)CC3)cn2)cc1. The number of aromatic nitrogens is 2. The molecule has 2 heteroatoms. The summed E-state index contributed by atoms with van der Waals surface area (Å²) in [6.45, 7) is 4.59. The smallest absolute Gasteiger partial charge is 0.159 e. The van der Waals surface area contributed by atoms with E-state index in [0.717, 1.165) is 29.6 Å². The standard InChI is InChI=1S/C28H42N2/c1-3-5-6-7-8-10-24-17-19-27(20-18-24)28-29-21-26(22-30-28)16-15-25-13-11-23(9-4-2)12-14-25/h17-23,25H,3-16H2,1-2H3. The molecule has 30 heavy (non-hydrogen) atoms. The van der Waals surface area contributed by atoms with Gasteiger partial charge in [-0.15, -0.1) is 0 Å². The molecule has 1 saturated carbocycles. The summed E-state index contributed by atoms with van der Waals surface area (Å²) in [6, 6.07) is 8.87. The second kappa shape index (κ2) is 12.9. The molecular weight excluding hydrogens is 364 g/mol. The second-order valence-corrected chi connectivity index (χ2v) is 9.49. The lowest BCUT2D eigenvalue weighted by Crippen LogP contribution is -2.15. The maximum atomic E-state index is 4.66. The predicted molar refractivity (Wildman–Crippen MR) is 129 cm³/mol. The Labute approximate surface area is 184 Å². The van der Waals surface area contributed by atoms with Crippen molar-refractivity contribution in [1.82, 2.24) is 9.97 Å². The molecule has 1 fully saturated rings. The van der Waals surface area contributed by atoms with Gasteiger partial charge in [-0.1, -0.05) is 102 Å². The Balaban J connectivity index is 1.42. The first-order chi connectivity index (χ1) is 14.8. The Bertz CT molecular complexity index is 696. The van der Waals surface area contributed by atoms with Gasteiger partial charge in [0.05, 0.1) is 0 Å². The molecule has 1 aliphatic carbocycles. The van der Waals surface area contributed by atoms with E-state index in [1.165, 1.54) is 94.6 Å². The summed E-state index contributed by atoms with van der Waals surface area (Å²) >= 11 is 0. The first-order valence-electron chi connectivity index (χ1n) is 12.7. The van der Waals surface area contributed by atoms with Crippen molar-refractivity contribution < 1.29 is 0 Å². The lowest BCUT2D eigenvalue weighted by atomic mass is 9.78. The highest BCUT2D eigenvalue weighted by Crippen LogP contribution is 2.33. The van der Waals surface area contributed by atoms with Gasteiger partial charge in [0, 0.05) is 18.0 Å². The van der Waals surface area contributed by atoms with Gasteiger partial charge < -0.3 is 0 Å². The van der Waals surface area contributed by atoms with Gasteiger partial charge in [-0.25, -0.2) is 9.97 Å². The minimum absolute atomic E-state index is 0.855. The van der Waals surface area contributed by atoms with E-state index in [9.17, 15) is 0 Å². The summed E-state index contributed by atoms with van der Waals surface area (Å²) in [5, 5.41) is 0. The van der Waals surface area contributed by atoms with Gasteiger partial charge in [0.25, 0.3) is 0 Å². The third-order valence-corrected chi connectivity index (χ3v) is 6.99. The van der Waals surface area contributed by atoms with Gasteiger partial charge >= 0.3 is 0 Å². The fraction of sp³-hybridized carbons (Fsp3) is 0.643. The molecule has 164 valence electrons. The molecule has 0 atom stereocenters. The number of benzene rings is 1. The third kappa shape index (κ3) is 7.52. The fourth-order valence-corrected chi connectivity index (χ4v) is 4.97. The van der Waals surface area contributed by atoms with Crippen molar-refractivity contribution in [3.05, 3.63) is 47.8 Å². The normalized spacial score (nSPS) is 19.1. The van der Waals surface area contributed by atoms with Gasteiger partial charge in [0.1, 0.15) is 0 Å². The molecule has 0 aliphatic heterocycles. The van der Waals surface area contributed by atoms with Gasteiger partial charge in [-0.05, 0) is 48.6 Å². The Kier molecular flexibility index (Phi) is 9.86. The molecule has 0 amide bonds. The topological polar surface area (TPSA) is 25.8 Å². The van der Waals surface area contributed by atoms with Crippen molar-refractivity contribution in [2.24, 2.45) is 11.8 Å². The zero-order chi connectivity index (χ0) is 21.0. The van der Waals surface area contributed by atoms with Crippen molar-refractivity contribution in [3.8, 4) is 11.4 Å². The van der Waals surface area contributed by atoms with E-state index in [2.05, 4.69) is 48.1 Å². The molecule has 0 bridgehead atoms. The van der Waals surface area contributed by atoms with Crippen molar-refractivity contribution in [2.75, 3.05) is 0 Å². The Morgan fingerprint density at radius 1 is 0.667 bits per heavy atom. The Morgan fingerprint density at radius 3 is 1.93 bits per heavy atom. The Hall–Kier alpha value is -1.70. The lowest BCUT2D eigenvalue weighted by Gasteiger charge is -2.28. The number of unbranched alkanes of at least 4 members (excludes halogenated alkanes) is 4. The largest absolute Gasteiger partial charge is 0.236 e. The second-order valence-electron chi connectivity index (χ2n) is 9.49. The molecule has 0 saturated heterocycles. The van der Waals surface area contributed by atoms with Gasteiger partial charge in [0.2, 0.25) is 0 Å². The van der Waals surface area contributed by atoms with Crippen LogP contribution in [-0.4, -0.2) is 9.97 Å². The molecule has 1 heterocycles. The van der Waals surface area contributed by atoms with Crippen LogP contribution >= 0.6 is 0 Å². The number of hydrogen-bond acceptors (Lipinski definition) is 2. The molecule has 0 radical (unpaired) electrons. The van der Waals surface area contributed by atoms with Crippen LogP contribution in [-0.2, 0) is 12.8 Å². The summed E-state index contributed by atoms with van der Waals surface area (Å²) in [7, 11) is 0. The minimum Gasteiger partial charge on any atom is -0.236 e. The van der Waals surface area contributed by atoms with Crippen molar-refractivity contribution in [1.29, 1.82) is 0 Å². The van der Waals surface area contributed by atoms with Gasteiger partial charge in [-0.2, -0.15) is 0 Å². The molecule has 0 spiro atoms. The molecular formula is C28H42N2. The van der Waals surface area contributed by atoms with Crippen molar-refractivity contribution in [3.63, 3.8) is 0 Å². The molecule has 1 aromatic heterocycles. The van der Waals surface area contributed by atoms with Gasteiger partial charge in [-0.3, -0.25) is 0 Å². The summed E-state index contributed by atoms with van der Waals surface area (Å²) in [5.74, 6) is 2.77.